The SMILES string of the molecule is Cc1cc(F)c(S(=O)(=O)N2CCCN(C)C(=O)C2)cc1N. The molecule has 1 fully saturated rings. The van der Waals surface area contributed by atoms with Gasteiger partial charge < -0.3 is 10.6 Å². The van der Waals surface area contributed by atoms with Gasteiger partial charge in [-0.3, -0.25) is 4.79 Å². The molecule has 1 saturated heterocycles. The van der Waals surface area contributed by atoms with Crippen LogP contribution in [0, 0.1) is 12.7 Å². The summed E-state index contributed by atoms with van der Waals surface area (Å²) >= 11 is 0. The summed E-state index contributed by atoms with van der Waals surface area (Å²) in [6.45, 7) is 1.96. The number of hydrogen-bond donors (Lipinski definition) is 1. The quantitative estimate of drug-likeness (QED) is 0.809. The average molecular weight is 315 g/mol. The molecule has 0 spiro atoms. The number of benzene rings is 1. The molecule has 2 N–H and O–H groups in total. The van der Waals surface area contributed by atoms with Gasteiger partial charge in [-0.15, -0.1) is 0 Å². The maximum absolute atomic E-state index is 14.0. The largest absolute Gasteiger partial charge is 0.398 e. The number of carbonyl (C=O) groups excluding carboxylic acids is 1. The third-order valence-corrected chi connectivity index (χ3v) is 5.44. The van der Waals surface area contributed by atoms with Crippen molar-refractivity contribution in [3.8, 4) is 0 Å². The third-order valence-electron chi connectivity index (χ3n) is 3.58. The van der Waals surface area contributed by atoms with E-state index in [1.54, 1.807) is 14.0 Å². The van der Waals surface area contributed by atoms with Gasteiger partial charge in [0.2, 0.25) is 15.9 Å². The molecule has 2 rings (SSSR count). The van der Waals surface area contributed by atoms with E-state index in [0.29, 0.717) is 18.5 Å². The van der Waals surface area contributed by atoms with Crippen LogP contribution < -0.4 is 5.73 Å². The molecule has 1 aromatic carbocycles. The van der Waals surface area contributed by atoms with Crippen molar-refractivity contribution in [2.45, 2.75) is 18.2 Å². The van der Waals surface area contributed by atoms with Gasteiger partial charge in [0, 0.05) is 25.8 Å². The first-order valence-corrected chi connectivity index (χ1v) is 7.97. The second-order valence-corrected chi connectivity index (χ2v) is 7.05. The zero-order chi connectivity index (χ0) is 15.8. The predicted molar refractivity (Wildman–Crippen MR) is 76.6 cm³/mol. The van der Waals surface area contributed by atoms with E-state index in [-0.39, 0.29) is 24.7 Å². The summed E-state index contributed by atoms with van der Waals surface area (Å²) in [7, 11) is -2.47. The van der Waals surface area contributed by atoms with Crippen LogP contribution in [0.2, 0.25) is 0 Å². The lowest BCUT2D eigenvalue weighted by Crippen LogP contribution is -2.38. The van der Waals surface area contributed by atoms with E-state index in [1.807, 2.05) is 0 Å². The predicted octanol–water partition coefficient (Wildman–Crippen LogP) is 0.569. The number of sulfonamides is 1. The highest BCUT2D eigenvalue weighted by Crippen LogP contribution is 2.25. The molecule has 0 saturated carbocycles. The van der Waals surface area contributed by atoms with Crippen molar-refractivity contribution in [1.29, 1.82) is 0 Å². The van der Waals surface area contributed by atoms with E-state index >= 15 is 0 Å². The molecule has 1 amide bonds. The van der Waals surface area contributed by atoms with Gasteiger partial charge in [0.25, 0.3) is 0 Å². The van der Waals surface area contributed by atoms with Gasteiger partial charge in [-0.2, -0.15) is 4.31 Å². The lowest BCUT2D eigenvalue weighted by molar-refractivity contribution is -0.129. The molecule has 116 valence electrons. The highest BCUT2D eigenvalue weighted by Gasteiger charge is 2.32. The summed E-state index contributed by atoms with van der Waals surface area (Å²) in [5.74, 6) is -1.16. The number of nitrogens with two attached hydrogens (primary N) is 1. The molecule has 0 aliphatic carbocycles. The van der Waals surface area contributed by atoms with Crippen molar-refractivity contribution < 1.29 is 17.6 Å². The molecule has 1 heterocycles. The Morgan fingerprint density at radius 1 is 1.29 bits per heavy atom. The molecule has 1 aromatic rings. The van der Waals surface area contributed by atoms with Gasteiger partial charge >= 0.3 is 0 Å². The van der Waals surface area contributed by atoms with E-state index in [1.165, 1.54) is 4.90 Å². The van der Waals surface area contributed by atoms with Crippen LogP contribution in [-0.4, -0.2) is 50.2 Å². The van der Waals surface area contributed by atoms with Crippen LogP contribution in [0.1, 0.15) is 12.0 Å². The Labute approximate surface area is 123 Å². The molecule has 0 atom stereocenters. The maximum Gasteiger partial charge on any atom is 0.246 e. The monoisotopic (exact) mass is 315 g/mol. The van der Waals surface area contributed by atoms with Crippen LogP contribution in [-0.2, 0) is 14.8 Å². The number of rotatable bonds is 2. The lowest BCUT2D eigenvalue weighted by atomic mass is 10.2. The van der Waals surface area contributed by atoms with Crippen LogP contribution >= 0.6 is 0 Å². The van der Waals surface area contributed by atoms with E-state index in [9.17, 15) is 17.6 Å². The summed E-state index contributed by atoms with van der Waals surface area (Å²) in [5.41, 5.74) is 6.34. The number of nitrogens with zero attached hydrogens (tertiary/aromatic N) is 2. The first kappa shape index (κ1) is 15.7. The second-order valence-electron chi connectivity index (χ2n) is 5.15. The summed E-state index contributed by atoms with van der Waals surface area (Å²) in [6, 6.07) is 2.20. The number of anilines is 1. The van der Waals surface area contributed by atoms with Gasteiger partial charge in [-0.25, -0.2) is 12.8 Å². The fourth-order valence-electron chi connectivity index (χ4n) is 2.17. The summed E-state index contributed by atoms with van der Waals surface area (Å²) in [4.78, 5) is 12.8. The number of likely N-dealkylation sites (N-methyl/N-ethyl adjacent to an activating group) is 1. The normalized spacial score (nSPS) is 17.9. The Bertz CT molecular complexity index is 675. The topological polar surface area (TPSA) is 83.7 Å². The van der Waals surface area contributed by atoms with E-state index in [2.05, 4.69) is 0 Å². The molecule has 0 unspecified atom stereocenters. The van der Waals surface area contributed by atoms with Crippen molar-refractivity contribution in [2.24, 2.45) is 0 Å². The molecule has 0 radical (unpaired) electrons. The molecular formula is C13H18FN3O3S. The van der Waals surface area contributed by atoms with Gasteiger partial charge in [0.1, 0.15) is 10.7 Å². The first-order valence-electron chi connectivity index (χ1n) is 6.53. The number of carbonyl (C=O) groups is 1. The van der Waals surface area contributed by atoms with Gasteiger partial charge in [0.15, 0.2) is 0 Å². The molecule has 6 nitrogen and oxygen atoms in total. The maximum atomic E-state index is 14.0. The van der Waals surface area contributed by atoms with Crippen LogP contribution in [0.3, 0.4) is 0 Å². The Balaban J connectivity index is 2.42. The standard InChI is InChI=1S/C13H18FN3O3S/c1-9-6-10(14)12(7-11(9)15)21(19,20)17-5-3-4-16(2)13(18)8-17/h6-7H,3-5,8,15H2,1-2H3. The fraction of sp³-hybridized carbons (Fsp3) is 0.462. The minimum absolute atomic E-state index is 0.172. The number of aryl methyl sites for hydroxylation is 1. The highest BCUT2D eigenvalue weighted by molar-refractivity contribution is 7.89. The van der Waals surface area contributed by atoms with E-state index in [4.69, 9.17) is 5.73 Å². The van der Waals surface area contributed by atoms with Crippen molar-refractivity contribution in [3.05, 3.63) is 23.5 Å². The molecule has 0 aromatic heterocycles. The minimum atomic E-state index is -4.08. The highest BCUT2D eigenvalue weighted by atomic mass is 32.2. The van der Waals surface area contributed by atoms with Crippen LogP contribution in [0.15, 0.2) is 17.0 Å². The summed E-state index contributed by atoms with van der Waals surface area (Å²) in [6.07, 6.45) is 0.504. The van der Waals surface area contributed by atoms with Crippen molar-refractivity contribution in [3.63, 3.8) is 0 Å². The third kappa shape index (κ3) is 3.01. The first-order chi connectivity index (χ1) is 9.73. The molecule has 8 heteroatoms. The Kier molecular flexibility index (Phi) is 4.20. The molecule has 0 bridgehead atoms. The summed E-state index contributed by atoms with van der Waals surface area (Å²) in [5, 5.41) is 0. The Morgan fingerprint density at radius 3 is 2.62 bits per heavy atom. The molecular weight excluding hydrogens is 297 g/mol. The zero-order valence-corrected chi connectivity index (χ0v) is 12.8. The van der Waals surface area contributed by atoms with Crippen LogP contribution in [0.25, 0.3) is 0 Å². The van der Waals surface area contributed by atoms with Gasteiger partial charge in [0.05, 0.1) is 6.54 Å². The van der Waals surface area contributed by atoms with Crippen LogP contribution in [0.5, 0.6) is 0 Å². The number of amides is 1. The number of nitrogen functional groups attached to an aromatic ring is 1. The second kappa shape index (κ2) is 5.61. The van der Waals surface area contributed by atoms with Crippen molar-refractivity contribution in [2.75, 3.05) is 32.4 Å². The minimum Gasteiger partial charge on any atom is -0.398 e. The van der Waals surface area contributed by atoms with Gasteiger partial charge in [-0.1, -0.05) is 0 Å². The van der Waals surface area contributed by atoms with Crippen molar-refractivity contribution >= 4 is 21.6 Å². The average Bonchev–Trinajstić information content (AvgIpc) is 2.57. The van der Waals surface area contributed by atoms with Gasteiger partial charge in [-0.05, 0) is 31.0 Å². The van der Waals surface area contributed by atoms with E-state index < -0.39 is 20.7 Å². The molecule has 1 aliphatic rings. The Morgan fingerprint density at radius 2 is 1.95 bits per heavy atom. The van der Waals surface area contributed by atoms with Crippen LogP contribution in [0.4, 0.5) is 10.1 Å². The number of halogens is 1. The lowest BCUT2D eigenvalue weighted by Gasteiger charge is -2.20. The fourth-order valence-corrected chi connectivity index (χ4v) is 3.68. The Hall–Kier alpha value is -1.67. The molecule has 1 aliphatic heterocycles. The van der Waals surface area contributed by atoms with E-state index in [0.717, 1.165) is 16.4 Å². The molecule has 21 heavy (non-hydrogen) atoms. The zero-order valence-electron chi connectivity index (χ0n) is 12.0. The summed E-state index contributed by atoms with van der Waals surface area (Å²) < 4.78 is 40.1. The van der Waals surface area contributed by atoms with Crippen molar-refractivity contribution in [1.82, 2.24) is 9.21 Å². The number of hydrogen-bond acceptors (Lipinski definition) is 4. The smallest absolute Gasteiger partial charge is 0.246 e.